The first-order valence-electron chi connectivity index (χ1n) is 2.93. The number of hydrogen-bond acceptors (Lipinski definition) is 1. The fraction of sp³-hybridized carbons (Fsp3) is 0.125. The van der Waals surface area contributed by atoms with Gasteiger partial charge in [0.2, 0.25) is 0 Å². The molecule has 0 aliphatic carbocycles. The van der Waals surface area contributed by atoms with Crippen LogP contribution in [0, 0.1) is 6.07 Å². The van der Waals surface area contributed by atoms with Crippen molar-refractivity contribution in [2.75, 3.05) is 11.9 Å². The second-order valence-corrected chi connectivity index (χ2v) is 1.90. The SMILES string of the molecule is CN([C-]=O)c1[c-]cccc1.[W+2]. The zero-order valence-corrected chi connectivity index (χ0v) is 9.01. The summed E-state index contributed by atoms with van der Waals surface area (Å²) < 4.78 is 0. The van der Waals surface area contributed by atoms with Gasteiger partial charge in [-0.15, -0.1) is 0 Å². The van der Waals surface area contributed by atoms with Crippen molar-refractivity contribution in [2.45, 2.75) is 0 Å². The fourth-order valence-electron chi connectivity index (χ4n) is 0.642. The summed E-state index contributed by atoms with van der Waals surface area (Å²) in [7, 11) is 1.64. The molecule has 0 aliphatic heterocycles. The first-order valence-corrected chi connectivity index (χ1v) is 2.93. The van der Waals surface area contributed by atoms with Crippen LogP contribution in [0.4, 0.5) is 5.69 Å². The molecule has 0 aromatic heterocycles. The van der Waals surface area contributed by atoms with E-state index < -0.39 is 0 Å². The van der Waals surface area contributed by atoms with E-state index in [4.69, 9.17) is 0 Å². The number of anilines is 1. The maximum atomic E-state index is 10.1. The van der Waals surface area contributed by atoms with Crippen LogP contribution in [0.15, 0.2) is 24.3 Å². The fourth-order valence-corrected chi connectivity index (χ4v) is 0.642. The molecule has 1 aromatic rings. The first-order chi connectivity index (χ1) is 4.84. The molecule has 0 heterocycles. The number of rotatable bonds is 2. The number of amides is 1. The van der Waals surface area contributed by atoms with E-state index in [-0.39, 0.29) is 21.1 Å². The maximum absolute atomic E-state index is 10.1. The molecule has 0 atom stereocenters. The topological polar surface area (TPSA) is 20.3 Å². The molecule has 0 saturated carbocycles. The molecule has 0 unspecified atom stereocenters. The molecule has 0 bridgehead atoms. The Balaban J connectivity index is 0.000001000. The standard InChI is InChI=1S/C8H7NO.W/c1-9(7-10)8-5-3-2-4-6-8;/h2-5H,1H3;/q-2;+2. The van der Waals surface area contributed by atoms with Crippen LogP contribution in [0.5, 0.6) is 0 Å². The summed E-state index contributed by atoms with van der Waals surface area (Å²) >= 11 is 0. The molecule has 1 amide bonds. The summed E-state index contributed by atoms with van der Waals surface area (Å²) in [5, 5.41) is 0. The van der Waals surface area contributed by atoms with Crippen LogP contribution < -0.4 is 4.90 Å². The molecular formula is C8H7NOW. The van der Waals surface area contributed by atoms with Gasteiger partial charge < -0.3 is 9.69 Å². The molecular weight excluding hydrogens is 310 g/mol. The monoisotopic (exact) mass is 317 g/mol. The Hall–Kier alpha value is -0.622. The van der Waals surface area contributed by atoms with Crippen LogP contribution in [0.2, 0.25) is 0 Å². The Morgan fingerprint density at radius 3 is 2.73 bits per heavy atom. The van der Waals surface area contributed by atoms with Crippen molar-refractivity contribution in [1.29, 1.82) is 0 Å². The van der Waals surface area contributed by atoms with E-state index in [0.717, 1.165) is 5.69 Å². The Morgan fingerprint density at radius 1 is 1.55 bits per heavy atom. The van der Waals surface area contributed by atoms with Gasteiger partial charge in [-0.3, -0.25) is 6.07 Å². The summed E-state index contributed by atoms with van der Waals surface area (Å²) in [6, 6.07) is 10.1. The van der Waals surface area contributed by atoms with Crippen LogP contribution in [-0.4, -0.2) is 13.5 Å². The van der Waals surface area contributed by atoms with Crippen molar-refractivity contribution >= 4 is 12.1 Å². The van der Waals surface area contributed by atoms with Crippen LogP contribution in [0.3, 0.4) is 0 Å². The maximum Gasteiger partial charge on any atom is 2.00 e. The summed E-state index contributed by atoms with van der Waals surface area (Å²) in [5.74, 6) is 0. The van der Waals surface area contributed by atoms with Crippen molar-refractivity contribution in [3.8, 4) is 0 Å². The zero-order chi connectivity index (χ0) is 7.40. The summed E-state index contributed by atoms with van der Waals surface area (Å²) in [6.07, 6.45) is 1.73. The number of carbonyl (C=O) groups excluding carboxylic acids is 1. The van der Waals surface area contributed by atoms with Gasteiger partial charge >= 0.3 is 21.1 Å². The van der Waals surface area contributed by atoms with Crippen molar-refractivity contribution in [3.05, 3.63) is 30.3 Å². The number of hydrogen-bond donors (Lipinski definition) is 0. The average molecular weight is 317 g/mol. The Morgan fingerprint density at radius 2 is 2.27 bits per heavy atom. The predicted octanol–water partition coefficient (Wildman–Crippen LogP) is 0.988. The van der Waals surface area contributed by atoms with Gasteiger partial charge in [0.15, 0.2) is 0 Å². The minimum Gasteiger partial charge on any atom is -0.501 e. The van der Waals surface area contributed by atoms with E-state index >= 15 is 0 Å². The van der Waals surface area contributed by atoms with E-state index in [2.05, 4.69) is 6.07 Å². The van der Waals surface area contributed by atoms with Crippen LogP contribution in [0.25, 0.3) is 0 Å². The van der Waals surface area contributed by atoms with Crippen molar-refractivity contribution < 1.29 is 25.9 Å². The summed E-state index contributed by atoms with van der Waals surface area (Å²) in [6.45, 7) is 0. The molecule has 1 rings (SSSR count). The van der Waals surface area contributed by atoms with Crippen molar-refractivity contribution in [1.82, 2.24) is 0 Å². The molecule has 1 aromatic carbocycles. The third kappa shape index (κ3) is 2.85. The van der Waals surface area contributed by atoms with Gasteiger partial charge in [-0.1, -0.05) is 0 Å². The number of nitrogens with zero attached hydrogens (tertiary/aromatic N) is 1. The molecule has 56 valence electrons. The third-order valence-corrected chi connectivity index (χ3v) is 1.19. The zero-order valence-electron chi connectivity index (χ0n) is 6.07. The first kappa shape index (κ1) is 10.4. The van der Waals surface area contributed by atoms with Gasteiger partial charge in [-0.2, -0.15) is 18.2 Å². The molecule has 0 saturated heterocycles. The summed E-state index contributed by atoms with van der Waals surface area (Å²) in [5.41, 5.74) is 0.734. The summed E-state index contributed by atoms with van der Waals surface area (Å²) in [4.78, 5) is 11.4. The van der Waals surface area contributed by atoms with Gasteiger partial charge in [0.25, 0.3) is 0 Å². The minimum absolute atomic E-state index is 0. The van der Waals surface area contributed by atoms with E-state index in [1.807, 2.05) is 12.1 Å². The Kier molecular flexibility index (Phi) is 4.80. The second kappa shape index (κ2) is 5.08. The second-order valence-electron chi connectivity index (χ2n) is 1.90. The Bertz CT molecular complexity index is 213. The quantitative estimate of drug-likeness (QED) is 0.588. The van der Waals surface area contributed by atoms with E-state index in [1.54, 1.807) is 25.6 Å². The number of benzene rings is 1. The smallest absolute Gasteiger partial charge is 0.501 e. The molecule has 0 fully saturated rings. The Labute approximate surface area is 80.5 Å². The normalized spacial score (nSPS) is 8.09. The van der Waals surface area contributed by atoms with E-state index in [1.165, 1.54) is 4.90 Å². The predicted molar refractivity (Wildman–Crippen MR) is 39.4 cm³/mol. The van der Waals surface area contributed by atoms with Crippen molar-refractivity contribution in [3.63, 3.8) is 0 Å². The molecule has 0 aliphatic rings. The van der Waals surface area contributed by atoms with Crippen LogP contribution >= 0.6 is 0 Å². The third-order valence-electron chi connectivity index (χ3n) is 1.19. The van der Waals surface area contributed by atoms with Gasteiger partial charge in [-0.25, -0.2) is 11.8 Å². The molecule has 2 nitrogen and oxygen atoms in total. The van der Waals surface area contributed by atoms with Gasteiger partial charge in [0.05, 0.1) is 6.41 Å². The van der Waals surface area contributed by atoms with Crippen LogP contribution in [0.1, 0.15) is 0 Å². The molecule has 3 heteroatoms. The van der Waals surface area contributed by atoms with Gasteiger partial charge in [0, 0.05) is 0 Å². The van der Waals surface area contributed by atoms with Crippen LogP contribution in [-0.2, 0) is 25.9 Å². The average Bonchev–Trinajstić information content (AvgIpc) is 2.05. The van der Waals surface area contributed by atoms with Gasteiger partial charge in [0.1, 0.15) is 0 Å². The van der Waals surface area contributed by atoms with Gasteiger partial charge in [-0.05, 0) is 7.05 Å². The molecule has 0 radical (unpaired) electrons. The largest absolute Gasteiger partial charge is 2.00 e. The number of para-hydroxylation sites is 1. The molecule has 0 spiro atoms. The molecule has 11 heavy (non-hydrogen) atoms. The van der Waals surface area contributed by atoms with Crippen molar-refractivity contribution in [2.24, 2.45) is 0 Å². The molecule has 0 N–H and O–H groups in total. The van der Waals surface area contributed by atoms with E-state index in [9.17, 15) is 4.79 Å². The minimum atomic E-state index is 0. The van der Waals surface area contributed by atoms with E-state index in [0.29, 0.717) is 0 Å².